The minimum Gasteiger partial charge on any atom is -0.480 e. The first-order chi connectivity index (χ1) is 29.8. The van der Waals surface area contributed by atoms with Crippen LogP contribution in [0, 0.1) is 6.92 Å². The topological polar surface area (TPSA) is 212 Å². The number of aryl methyl sites for hydroxylation is 1. The van der Waals surface area contributed by atoms with Gasteiger partial charge in [0.05, 0.1) is 6.54 Å². The summed E-state index contributed by atoms with van der Waals surface area (Å²) >= 11 is 1.39. The van der Waals surface area contributed by atoms with Gasteiger partial charge in [-0.1, -0.05) is 109 Å². The third-order valence-corrected chi connectivity index (χ3v) is 10.7. The molecule has 0 bridgehead atoms. The molecule has 0 saturated heterocycles. The standard InChI is InChI=1S/C47H50N6O8S/c1-30-15-21-36(22-16-30)50-41(54)23-24-42(55)51-40(28-37-14-9-25-62-37)46(59)53-39(27-33-17-19-35(20-18-33)34-12-7-4-8-13-34)45(58)52-38(26-32-10-5-3-6-11-32)44(57)48-29-43(56)49-31(2)47(60)61/h3-22,25,31,38-40H,23-24,26-29H2,1-2H3,(H,48,57)(H,49,56)(H,50,54)(H,51,55)(H,52,58)(H,53,59)(H,60,61)/t31-,38+,39-,40+/m0/s1. The number of carbonyl (C=O) groups is 7. The molecule has 0 aliphatic heterocycles. The van der Waals surface area contributed by atoms with Crippen LogP contribution in [0.15, 0.2) is 127 Å². The predicted octanol–water partition coefficient (Wildman–Crippen LogP) is 4.33. The number of carbonyl (C=O) groups excluding carboxylic acids is 6. The van der Waals surface area contributed by atoms with E-state index in [4.69, 9.17) is 5.11 Å². The van der Waals surface area contributed by atoms with Crippen molar-refractivity contribution in [1.82, 2.24) is 26.6 Å². The smallest absolute Gasteiger partial charge is 0.325 e. The highest BCUT2D eigenvalue weighted by molar-refractivity contribution is 7.09. The molecule has 15 heteroatoms. The summed E-state index contributed by atoms with van der Waals surface area (Å²) in [6.45, 7) is 2.66. The summed E-state index contributed by atoms with van der Waals surface area (Å²) in [7, 11) is 0. The summed E-state index contributed by atoms with van der Waals surface area (Å²) in [4.78, 5) is 92.7. The number of amides is 6. The average molecular weight is 859 g/mol. The van der Waals surface area contributed by atoms with Gasteiger partial charge in [-0.25, -0.2) is 0 Å². The van der Waals surface area contributed by atoms with E-state index >= 15 is 0 Å². The number of thiophene rings is 1. The zero-order valence-electron chi connectivity index (χ0n) is 34.4. The normalized spacial score (nSPS) is 12.7. The largest absolute Gasteiger partial charge is 0.480 e. The molecule has 7 N–H and O–H groups in total. The number of carboxylic acids is 1. The second-order valence-corrected chi connectivity index (χ2v) is 15.8. The first kappa shape index (κ1) is 45.9. The molecular weight excluding hydrogens is 809 g/mol. The fourth-order valence-corrected chi connectivity index (χ4v) is 7.10. The highest BCUT2D eigenvalue weighted by Gasteiger charge is 2.31. The van der Waals surface area contributed by atoms with Crippen molar-refractivity contribution < 1.29 is 38.7 Å². The second-order valence-electron chi connectivity index (χ2n) is 14.7. The van der Waals surface area contributed by atoms with Crippen LogP contribution >= 0.6 is 11.3 Å². The monoisotopic (exact) mass is 858 g/mol. The lowest BCUT2D eigenvalue weighted by atomic mass is 9.99. The minimum absolute atomic E-state index is 0.000647. The van der Waals surface area contributed by atoms with Gasteiger partial charge < -0.3 is 37.0 Å². The Morgan fingerprint density at radius 1 is 0.548 bits per heavy atom. The van der Waals surface area contributed by atoms with Crippen molar-refractivity contribution in [3.63, 3.8) is 0 Å². The van der Waals surface area contributed by atoms with E-state index in [1.165, 1.54) is 18.3 Å². The number of rotatable bonds is 21. The van der Waals surface area contributed by atoms with Gasteiger partial charge >= 0.3 is 5.97 Å². The van der Waals surface area contributed by atoms with Gasteiger partial charge in [0.2, 0.25) is 35.4 Å². The van der Waals surface area contributed by atoms with Crippen LogP contribution in [0.4, 0.5) is 5.69 Å². The number of hydrogen-bond acceptors (Lipinski definition) is 8. The Morgan fingerprint density at radius 3 is 1.69 bits per heavy atom. The molecule has 14 nitrogen and oxygen atoms in total. The summed E-state index contributed by atoms with van der Waals surface area (Å²) in [5.74, 6) is -4.99. The summed E-state index contributed by atoms with van der Waals surface area (Å²) in [5, 5.41) is 26.9. The van der Waals surface area contributed by atoms with E-state index in [0.29, 0.717) is 16.8 Å². The van der Waals surface area contributed by atoms with E-state index < -0.39 is 66.2 Å². The summed E-state index contributed by atoms with van der Waals surface area (Å²) < 4.78 is 0. The number of hydrogen-bond donors (Lipinski definition) is 7. The summed E-state index contributed by atoms with van der Waals surface area (Å²) in [6, 6.07) is 32.1. The van der Waals surface area contributed by atoms with Gasteiger partial charge in [-0.15, -0.1) is 11.3 Å². The molecule has 5 aromatic rings. The summed E-state index contributed by atoms with van der Waals surface area (Å²) in [6.07, 6.45) is -0.213. The Kier molecular flexibility index (Phi) is 17.1. The number of benzene rings is 4. The molecule has 0 aliphatic carbocycles. The highest BCUT2D eigenvalue weighted by Crippen LogP contribution is 2.20. The molecule has 4 atom stereocenters. The van der Waals surface area contributed by atoms with Crippen LogP contribution in [0.25, 0.3) is 11.1 Å². The molecule has 0 radical (unpaired) electrons. The molecule has 6 amide bonds. The average Bonchev–Trinajstić information content (AvgIpc) is 3.79. The number of carboxylic acid groups (broad SMARTS) is 1. The maximum atomic E-state index is 14.4. The molecule has 62 heavy (non-hydrogen) atoms. The summed E-state index contributed by atoms with van der Waals surface area (Å²) in [5.41, 5.74) is 4.93. The van der Waals surface area contributed by atoms with Crippen molar-refractivity contribution in [2.24, 2.45) is 0 Å². The van der Waals surface area contributed by atoms with Crippen LogP contribution in [0.5, 0.6) is 0 Å². The lowest BCUT2D eigenvalue weighted by Crippen LogP contribution is -2.58. The lowest BCUT2D eigenvalue weighted by Gasteiger charge is -2.26. The molecule has 0 saturated carbocycles. The van der Waals surface area contributed by atoms with Crippen LogP contribution in [0.1, 0.15) is 41.3 Å². The highest BCUT2D eigenvalue weighted by atomic mass is 32.1. The molecule has 0 fully saturated rings. The molecule has 5 rings (SSSR count). The van der Waals surface area contributed by atoms with Gasteiger partial charge in [0.15, 0.2) is 0 Å². The van der Waals surface area contributed by atoms with E-state index in [9.17, 15) is 33.6 Å². The Bertz CT molecular complexity index is 2290. The predicted molar refractivity (Wildman–Crippen MR) is 237 cm³/mol. The van der Waals surface area contributed by atoms with Crippen molar-refractivity contribution in [2.45, 2.75) is 70.1 Å². The van der Waals surface area contributed by atoms with E-state index in [-0.39, 0.29) is 38.0 Å². The van der Waals surface area contributed by atoms with Crippen LogP contribution in [0.2, 0.25) is 0 Å². The lowest BCUT2D eigenvalue weighted by molar-refractivity contribution is -0.141. The van der Waals surface area contributed by atoms with Gasteiger partial charge in [-0.2, -0.15) is 0 Å². The van der Waals surface area contributed by atoms with Gasteiger partial charge in [0.25, 0.3) is 0 Å². The Labute approximate surface area is 363 Å². The third kappa shape index (κ3) is 14.9. The molecule has 322 valence electrons. The molecular formula is C47H50N6O8S. The second kappa shape index (κ2) is 23.0. The fraction of sp³-hybridized carbons (Fsp3) is 0.255. The Balaban J connectivity index is 1.35. The quantitative estimate of drug-likeness (QED) is 0.0563. The van der Waals surface area contributed by atoms with Crippen LogP contribution in [-0.2, 0) is 52.8 Å². The van der Waals surface area contributed by atoms with E-state index in [2.05, 4.69) is 31.9 Å². The van der Waals surface area contributed by atoms with E-state index in [1.54, 1.807) is 42.5 Å². The zero-order chi connectivity index (χ0) is 44.4. The van der Waals surface area contributed by atoms with Gasteiger partial charge in [-0.05, 0) is 59.7 Å². The van der Waals surface area contributed by atoms with Crippen molar-refractivity contribution in [1.29, 1.82) is 0 Å². The first-order valence-electron chi connectivity index (χ1n) is 20.1. The molecule has 1 aromatic heterocycles. The molecule has 0 spiro atoms. The van der Waals surface area contributed by atoms with Crippen LogP contribution in [0.3, 0.4) is 0 Å². The fourth-order valence-electron chi connectivity index (χ4n) is 6.35. The number of anilines is 1. The van der Waals surface area contributed by atoms with Crippen molar-refractivity contribution in [2.75, 3.05) is 11.9 Å². The van der Waals surface area contributed by atoms with Crippen LogP contribution < -0.4 is 31.9 Å². The molecule has 0 aliphatic rings. The number of nitrogens with one attached hydrogen (secondary N) is 6. The van der Waals surface area contributed by atoms with Gasteiger partial charge in [-0.3, -0.25) is 33.6 Å². The Morgan fingerprint density at radius 2 is 1.10 bits per heavy atom. The maximum Gasteiger partial charge on any atom is 0.325 e. The molecule has 0 unspecified atom stereocenters. The van der Waals surface area contributed by atoms with Crippen molar-refractivity contribution >= 4 is 58.4 Å². The molecule has 4 aromatic carbocycles. The first-order valence-corrected chi connectivity index (χ1v) is 21.0. The van der Waals surface area contributed by atoms with E-state index in [1.807, 2.05) is 91.2 Å². The van der Waals surface area contributed by atoms with Crippen molar-refractivity contribution in [3.8, 4) is 11.1 Å². The minimum atomic E-state index is -1.25. The molecule has 1 heterocycles. The SMILES string of the molecule is Cc1ccc(NC(=O)CCC(=O)N[C@H](Cc2cccs2)C(=O)N[C@@H](Cc2ccc(-c3ccccc3)cc2)C(=O)N[C@H](Cc2ccccc2)C(=O)NCC(=O)N[C@@H](C)C(=O)O)cc1. The van der Waals surface area contributed by atoms with E-state index in [0.717, 1.165) is 21.6 Å². The Hall–Kier alpha value is -7.13. The van der Waals surface area contributed by atoms with Crippen LogP contribution in [-0.4, -0.2) is 77.2 Å². The van der Waals surface area contributed by atoms with Gasteiger partial charge in [0.1, 0.15) is 24.2 Å². The maximum absolute atomic E-state index is 14.4. The third-order valence-electron chi connectivity index (χ3n) is 9.77. The van der Waals surface area contributed by atoms with Crippen molar-refractivity contribution in [3.05, 3.63) is 148 Å². The number of aliphatic carboxylic acids is 1. The zero-order valence-corrected chi connectivity index (χ0v) is 35.2. The van der Waals surface area contributed by atoms with Gasteiger partial charge in [0, 0.05) is 42.7 Å².